The van der Waals surface area contributed by atoms with Gasteiger partial charge in [-0.05, 0) is 44.1 Å². The lowest BCUT2D eigenvalue weighted by atomic mass is 10.1. The highest BCUT2D eigenvalue weighted by atomic mass is 15.2. The lowest BCUT2D eigenvalue weighted by molar-refractivity contribution is 0.693. The lowest BCUT2D eigenvalue weighted by Gasteiger charge is -2.18. The fraction of sp³-hybridized carbons (Fsp3) is 0.400. The van der Waals surface area contributed by atoms with Crippen molar-refractivity contribution in [1.82, 2.24) is 10.3 Å². The number of hydrogen-bond acceptors (Lipinski definition) is 3. The predicted octanol–water partition coefficient (Wildman–Crippen LogP) is 2.21. The summed E-state index contributed by atoms with van der Waals surface area (Å²) in [5.74, 6) is 1.20. The van der Waals surface area contributed by atoms with E-state index in [-0.39, 0.29) is 0 Å². The number of benzene rings is 1. The Kier molecular flexibility index (Phi) is 3.15. The van der Waals surface area contributed by atoms with Crippen LogP contribution >= 0.6 is 0 Å². The zero-order chi connectivity index (χ0) is 12.4. The fourth-order valence-corrected chi connectivity index (χ4v) is 2.63. The Balaban J connectivity index is 1.88. The van der Waals surface area contributed by atoms with Gasteiger partial charge in [0.1, 0.15) is 5.82 Å². The first kappa shape index (κ1) is 11.5. The van der Waals surface area contributed by atoms with Gasteiger partial charge in [-0.2, -0.15) is 0 Å². The lowest BCUT2D eigenvalue weighted by Crippen LogP contribution is -2.25. The van der Waals surface area contributed by atoms with Gasteiger partial charge in [0.15, 0.2) is 0 Å². The van der Waals surface area contributed by atoms with E-state index in [2.05, 4.69) is 40.5 Å². The highest BCUT2D eigenvalue weighted by Gasteiger charge is 2.20. The van der Waals surface area contributed by atoms with Gasteiger partial charge in [-0.15, -0.1) is 0 Å². The molecule has 0 bridgehead atoms. The molecule has 94 valence electrons. The van der Waals surface area contributed by atoms with Crippen molar-refractivity contribution < 1.29 is 0 Å². The molecule has 0 aliphatic carbocycles. The molecule has 2 heterocycles. The smallest absolute Gasteiger partial charge is 0.132 e. The van der Waals surface area contributed by atoms with Crippen LogP contribution in [0.3, 0.4) is 0 Å². The summed E-state index contributed by atoms with van der Waals surface area (Å²) in [5, 5.41) is 4.46. The number of pyridine rings is 1. The first-order valence-corrected chi connectivity index (χ1v) is 6.67. The first-order valence-electron chi connectivity index (χ1n) is 6.67. The van der Waals surface area contributed by atoms with Crippen molar-refractivity contribution in [3.63, 3.8) is 0 Å². The Bertz CT molecular complexity index is 550. The zero-order valence-electron chi connectivity index (χ0n) is 10.8. The molecule has 1 aliphatic rings. The van der Waals surface area contributed by atoms with Crippen LogP contribution in [0.2, 0.25) is 0 Å². The molecule has 1 N–H and O–H groups in total. The quantitative estimate of drug-likeness (QED) is 0.832. The summed E-state index contributed by atoms with van der Waals surface area (Å²) < 4.78 is 0. The van der Waals surface area contributed by atoms with Crippen LogP contribution in [-0.2, 0) is 6.42 Å². The van der Waals surface area contributed by atoms with Crippen LogP contribution < -0.4 is 10.2 Å². The van der Waals surface area contributed by atoms with Gasteiger partial charge in [0.05, 0.1) is 5.52 Å². The van der Waals surface area contributed by atoms with E-state index in [1.165, 1.54) is 23.2 Å². The number of para-hydroxylation sites is 1. The molecule has 0 saturated heterocycles. The Hall–Kier alpha value is -1.61. The average Bonchev–Trinajstić information content (AvgIpc) is 2.79. The molecule has 0 spiro atoms. The molecule has 3 nitrogen and oxygen atoms in total. The largest absolute Gasteiger partial charge is 0.356 e. The van der Waals surface area contributed by atoms with Crippen molar-refractivity contribution in [3.05, 3.63) is 35.9 Å². The highest BCUT2D eigenvalue weighted by molar-refractivity contribution is 5.82. The van der Waals surface area contributed by atoms with E-state index < -0.39 is 0 Å². The molecule has 0 amide bonds. The van der Waals surface area contributed by atoms with Crippen LogP contribution in [0.1, 0.15) is 12.0 Å². The molecule has 0 atom stereocenters. The Morgan fingerprint density at radius 3 is 3.11 bits per heavy atom. The van der Waals surface area contributed by atoms with Crippen LogP contribution in [0.4, 0.5) is 5.82 Å². The normalized spacial score (nSPS) is 14.2. The average molecular weight is 241 g/mol. The Morgan fingerprint density at radius 1 is 1.33 bits per heavy atom. The number of nitrogens with one attached hydrogen (secondary N) is 1. The standard InChI is InChI=1S/C15H19N3/c1-16-8-4-9-18-10-7-13-11-12-5-2-3-6-14(12)17-15(13)18/h2-3,5-6,11,16H,4,7-10H2,1H3. The third-order valence-electron chi connectivity index (χ3n) is 3.59. The molecular formula is C15H19N3. The van der Waals surface area contributed by atoms with E-state index in [0.29, 0.717) is 0 Å². The van der Waals surface area contributed by atoms with Crippen molar-refractivity contribution >= 4 is 16.7 Å². The minimum absolute atomic E-state index is 1.07. The SMILES string of the molecule is CNCCCN1CCc2cc3ccccc3nc21. The summed E-state index contributed by atoms with van der Waals surface area (Å²) >= 11 is 0. The monoisotopic (exact) mass is 241 g/mol. The number of aromatic nitrogens is 1. The predicted molar refractivity (Wildman–Crippen MR) is 76.2 cm³/mol. The van der Waals surface area contributed by atoms with Crippen LogP contribution in [-0.4, -0.2) is 31.7 Å². The molecule has 1 aromatic heterocycles. The summed E-state index contributed by atoms with van der Waals surface area (Å²) in [7, 11) is 2.00. The highest BCUT2D eigenvalue weighted by Crippen LogP contribution is 2.29. The number of rotatable bonds is 4. The summed E-state index contributed by atoms with van der Waals surface area (Å²) in [6.45, 7) is 3.28. The van der Waals surface area contributed by atoms with E-state index >= 15 is 0 Å². The fourth-order valence-electron chi connectivity index (χ4n) is 2.63. The van der Waals surface area contributed by atoms with Gasteiger partial charge in [-0.3, -0.25) is 0 Å². The molecule has 0 saturated carbocycles. The Morgan fingerprint density at radius 2 is 2.22 bits per heavy atom. The topological polar surface area (TPSA) is 28.2 Å². The van der Waals surface area contributed by atoms with Crippen molar-refractivity contribution in [2.45, 2.75) is 12.8 Å². The molecule has 0 unspecified atom stereocenters. The van der Waals surface area contributed by atoms with Crippen LogP contribution in [0.5, 0.6) is 0 Å². The van der Waals surface area contributed by atoms with Crippen molar-refractivity contribution in [2.24, 2.45) is 0 Å². The Labute approximate surface area is 108 Å². The summed E-state index contributed by atoms with van der Waals surface area (Å²) in [6.07, 6.45) is 2.30. The van der Waals surface area contributed by atoms with Crippen molar-refractivity contribution in [2.75, 3.05) is 31.6 Å². The van der Waals surface area contributed by atoms with E-state index in [4.69, 9.17) is 4.98 Å². The molecular weight excluding hydrogens is 222 g/mol. The summed E-state index contributed by atoms with van der Waals surface area (Å²) in [6, 6.07) is 10.7. The summed E-state index contributed by atoms with van der Waals surface area (Å²) in [5.41, 5.74) is 2.51. The molecule has 1 aromatic carbocycles. The van der Waals surface area contributed by atoms with Gasteiger partial charge in [0, 0.05) is 18.5 Å². The maximum Gasteiger partial charge on any atom is 0.132 e. The number of anilines is 1. The molecule has 18 heavy (non-hydrogen) atoms. The second kappa shape index (κ2) is 4.94. The minimum Gasteiger partial charge on any atom is -0.356 e. The first-order chi connectivity index (χ1) is 8.88. The van der Waals surface area contributed by atoms with E-state index in [1.807, 2.05) is 7.05 Å². The van der Waals surface area contributed by atoms with Gasteiger partial charge in [0.25, 0.3) is 0 Å². The van der Waals surface area contributed by atoms with Gasteiger partial charge in [0.2, 0.25) is 0 Å². The van der Waals surface area contributed by atoms with Crippen LogP contribution in [0, 0.1) is 0 Å². The van der Waals surface area contributed by atoms with E-state index in [9.17, 15) is 0 Å². The summed E-state index contributed by atoms with van der Waals surface area (Å²) in [4.78, 5) is 7.24. The van der Waals surface area contributed by atoms with Gasteiger partial charge < -0.3 is 10.2 Å². The molecule has 2 aromatic rings. The third kappa shape index (κ3) is 2.06. The zero-order valence-corrected chi connectivity index (χ0v) is 10.8. The van der Waals surface area contributed by atoms with Crippen LogP contribution in [0.25, 0.3) is 10.9 Å². The van der Waals surface area contributed by atoms with Gasteiger partial charge in [-0.1, -0.05) is 18.2 Å². The van der Waals surface area contributed by atoms with Crippen molar-refractivity contribution in [1.29, 1.82) is 0 Å². The maximum atomic E-state index is 4.82. The van der Waals surface area contributed by atoms with E-state index in [1.54, 1.807) is 0 Å². The number of hydrogen-bond donors (Lipinski definition) is 1. The molecule has 0 fully saturated rings. The van der Waals surface area contributed by atoms with Gasteiger partial charge >= 0.3 is 0 Å². The minimum atomic E-state index is 1.07. The number of nitrogens with zero attached hydrogens (tertiary/aromatic N) is 2. The molecule has 0 radical (unpaired) electrons. The van der Waals surface area contributed by atoms with Crippen molar-refractivity contribution in [3.8, 4) is 0 Å². The van der Waals surface area contributed by atoms with Crippen LogP contribution in [0.15, 0.2) is 30.3 Å². The third-order valence-corrected chi connectivity index (χ3v) is 3.59. The number of fused-ring (bicyclic) bond motifs is 2. The van der Waals surface area contributed by atoms with Gasteiger partial charge in [-0.25, -0.2) is 4.98 Å². The molecule has 3 heteroatoms. The second-order valence-electron chi connectivity index (χ2n) is 4.86. The second-order valence-corrected chi connectivity index (χ2v) is 4.86. The molecule has 1 aliphatic heterocycles. The maximum absolute atomic E-state index is 4.82. The van der Waals surface area contributed by atoms with E-state index in [0.717, 1.165) is 31.6 Å². The molecule has 3 rings (SSSR count).